The largest absolute Gasteiger partial charge is 0.512 e. The van der Waals surface area contributed by atoms with Crippen LogP contribution in [0, 0.1) is 5.82 Å². The van der Waals surface area contributed by atoms with E-state index in [0.717, 1.165) is 46.1 Å². The van der Waals surface area contributed by atoms with Crippen LogP contribution in [0.3, 0.4) is 0 Å². The predicted octanol–water partition coefficient (Wildman–Crippen LogP) is 5.13. The van der Waals surface area contributed by atoms with Crippen LogP contribution >= 0.6 is 0 Å². The minimum absolute atomic E-state index is 0.127. The molecule has 0 spiro atoms. The Morgan fingerprint density at radius 3 is 2.52 bits per heavy atom. The van der Waals surface area contributed by atoms with Crippen molar-refractivity contribution in [3.05, 3.63) is 77.4 Å². The first-order chi connectivity index (χ1) is 14.9. The van der Waals surface area contributed by atoms with Gasteiger partial charge in [0, 0.05) is 23.4 Å². The van der Waals surface area contributed by atoms with Crippen molar-refractivity contribution in [1.29, 1.82) is 0 Å². The van der Waals surface area contributed by atoms with Crippen LogP contribution < -0.4 is 0 Å². The highest BCUT2D eigenvalue weighted by Gasteiger charge is 2.30. The van der Waals surface area contributed by atoms with E-state index in [2.05, 4.69) is 0 Å². The summed E-state index contributed by atoms with van der Waals surface area (Å²) in [5.41, 5.74) is 4.80. The molecule has 1 aliphatic carbocycles. The van der Waals surface area contributed by atoms with Crippen LogP contribution in [-0.4, -0.2) is 32.4 Å². The van der Waals surface area contributed by atoms with E-state index < -0.39 is 12.1 Å². The molecule has 5 nitrogen and oxygen atoms in total. The number of aliphatic hydroxyl groups is 2. The van der Waals surface area contributed by atoms with Crippen LogP contribution in [0.1, 0.15) is 42.9 Å². The molecule has 1 unspecified atom stereocenters. The van der Waals surface area contributed by atoms with Crippen LogP contribution in [0.2, 0.25) is 0 Å². The summed E-state index contributed by atoms with van der Waals surface area (Å²) < 4.78 is 13.6. The van der Waals surface area contributed by atoms with Crippen molar-refractivity contribution < 1.29 is 24.5 Å². The molecular weight excluding hydrogens is 397 g/mol. The van der Waals surface area contributed by atoms with Crippen LogP contribution in [-0.2, 0) is 11.2 Å². The van der Waals surface area contributed by atoms with Crippen LogP contribution in [0.5, 0.6) is 0 Å². The number of carboxylic acids is 1. The molecule has 3 N–H and O–H groups in total. The Kier molecular flexibility index (Phi) is 6.00. The lowest BCUT2D eigenvalue weighted by molar-refractivity contribution is -0.131. The number of benzene rings is 2. The average Bonchev–Trinajstić information content (AvgIpc) is 3.56. The summed E-state index contributed by atoms with van der Waals surface area (Å²) in [5, 5.41) is 29.8. The summed E-state index contributed by atoms with van der Waals surface area (Å²) in [7, 11) is 0. The molecule has 0 radical (unpaired) electrons. The summed E-state index contributed by atoms with van der Waals surface area (Å²) in [4.78, 5) is 15.6. The molecule has 1 aromatic heterocycles. The summed E-state index contributed by atoms with van der Waals surface area (Å²) in [6, 6.07) is 14.3. The van der Waals surface area contributed by atoms with Gasteiger partial charge in [-0.15, -0.1) is 0 Å². The van der Waals surface area contributed by atoms with E-state index in [1.54, 1.807) is 12.1 Å². The maximum Gasteiger partial charge on any atom is 0.331 e. The zero-order valence-corrected chi connectivity index (χ0v) is 17.0. The Morgan fingerprint density at radius 2 is 1.84 bits per heavy atom. The van der Waals surface area contributed by atoms with Gasteiger partial charge in [-0.2, -0.15) is 0 Å². The van der Waals surface area contributed by atoms with Crippen molar-refractivity contribution in [2.45, 2.75) is 44.1 Å². The predicted molar refractivity (Wildman–Crippen MR) is 116 cm³/mol. The van der Waals surface area contributed by atoms with E-state index in [1.807, 2.05) is 24.3 Å². The molecule has 31 heavy (non-hydrogen) atoms. The minimum Gasteiger partial charge on any atom is -0.512 e. The highest BCUT2D eigenvalue weighted by atomic mass is 19.1. The topological polar surface area (TPSA) is 90.7 Å². The molecule has 4 rings (SSSR count). The summed E-state index contributed by atoms with van der Waals surface area (Å²) in [6.07, 6.45) is 2.65. The van der Waals surface area contributed by atoms with Gasteiger partial charge in [-0.05, 0) is 60.6 Å². The normalized spacial score (nSPS) is 15.2. The second-order valence-electron chi connectivity index (χ2n) is 8.02. The zero-order chi connectivity index (χ0) is 22.0. The van der Waals surface area contributed by atoms with Gasteiger partial charge >= 0.3 is 5.97 Å². The second-order valence-corrected chi connectivity index (χ2v) is 8.02. The number of hydrogen-bond acceptors (Lipinski definition) is 4. The summed E-state index contributed by atoms with van der Waals surface area (Å²) >= 11 is 0. The first-order valence-electron chi connectivity index (χ1n) is 10.4. The van der Waals surface area contributed by atoms with Gasteiger partial charge in [-0.25, -0.2) is 9.18 Å². The fourth-order valence-corrected chi connectivity index (χ4v) is 4.02. The van der Waals surface area contributed by atoms with E-state index in [0.29, 0.717) is 24.8 Å². The second kappa shape index (κ2) is 8.86. The van der Waals surface area contributed by atoms with Gasteiger partial charge in [0.1, 0.15) is 11.6 Å². The van der Waals surface area contributed by atoms with Crippen molar-refractivity contribution in [3.8, 4) is 11.1 Å². The maximum atomic E-state index is 13.6. The highest BCUT2D eigenvalue weighted by molar-refractivity contribution is 5.96. The number of para-hydroxylation sites is 1. The molecule has 1 saturated carbocycles. The minimum atomic E-state index is -1.25. The number of aliphatic carboxylic acids is 1. The molecule has 6 heteroatoms. The third-order valence-electron chi connectivity index (χ3n) is 5.58. The molecule has 1 atom stereocenters. The molecule has 0 bridgehead atoms. The number of carbonyl (C=O) groups is 1. The van der Waals surface area contributed by atoms with E-state index >= 15 is 0 Å². The van der Waals surface area contributed by atoms with Crippen LogP contribution in [0.25, 0.3) is 22.0 Å². The summed E-state index contributed by atoms with van der Waals surface area (Å²) in [5.74, 6) is -1.55. The monoisotopic (exact) mass is 421 g/mol. The molecule has 0 saturated heterocycles. The highest BCUT2D eigenvalue weighted by Crippen LogP contribution is 2.45. The Balaban J connectivity index is 1.74. The zero-order valence-electron chi connectivity index (χ0n) is 17.0. The molecule has 3 aromatic rings. The van der Waals surface area contributed by atoms with Crippen molar-refractivity contribution >= 4 is 16.9 Å². The third kappa shape index (κ3) is 4.91. The van der Waals surface area contributed by atoms with E-state index in [1.165, 1.54) is 12.1 Å². The third-order valence-corrected chi connectivity index (χ3v) is 5.58. The summed E-state index contributed by atoms with van der Waals surface area (Å²) in [6.45, 7) is 0. The molecular formula is C25H24FNO4. The van der Waals surface area contributed by atoms with Gasteiger partial charge < -0.3 is 15.3 Å². The fourth-order valence-electron chi connectivity index (χ4n) is 4.02. The van der Waals surface area contributed by atoms with Crippen molar-refractivity contribution in [2.75, 3.05) is 0 Å². The van der Waals surface area contributed by atoms with E-state index in [9.17, 15) is 19.4 Å². The smallest absolute Gasteiger partial charge is 0.331 e. The number of aromatic nitrogens is 1. The van der Waals surface area contributed by atoms with Crippen LogP contribution in [0.15, 0.2) is 60.4 Å². The number of fused-ring (bicyclic) bond motifs is 1. The molecule has 160 valence electrons. The van der Waals surface area contributed by atoms with Gasteiger partial charge in [0.05, 0.1) is 17.7 Å². The Morgan fingerprint density at radius 1 is 1.13 bits per heavy atom. The Hall–Kier alpha value is -3.25. The van der Waals surface area contributed by atoms with E-state index in [-0.39, 0.29) is 18.0 Å². The number of carboxylic acid groups (broad SMARTS) is 1. The first kappa shape index (κ1) is 21.0. The Labute approximate surface area is 179 Å². The number of hydrogen-bond donors (Lipinski definition) is 3. The SMILES string of the molecule is O=C(O)/C=C(\O)CC(O)CCc1c(C2CC2)nc2ccccc2c1-c1ccc(F)cc1. The molecule has 1 fully saturated rings. The lowest BCUT2D eigenvalue weighted by atomic mass is 9.89. The van der Waals surface area contributed by atoms with Gasteiger partial charge in [-0.3, -0.25) is 4.98 Å². The first-order valence-corrected chi connectivity index (χ1v) is 10.4. The number of pyridine rings is 1. The average molecular weight is 421 g/mol. The van der Waals surface area contributed by atoms with Crippen molar-refractivity contribution in [1.82, 2.24) is 4.98 Å². The maximum absolute atomic E-state index is 13.6. The molecule has 1 aliphatic rings. The van der Waals surface area contributed by atoms with Gasteiger partial charge in [0.2, 0.25) is 0 Å². The van der Waals surface area contributed by atoms with Crippen molar-refractivity contribution in [3.63, 3.8) is 0 Å². The standard InChI is InChI=1S/C25H24FNO4/c26-17-9-7-15(8-10-17)24-20-3-1-2-4-22(20)27-25(16-5-6-16)21(24)12-11-18(28)13-19(29)14-23(30)31/h1-4,7-10,14,16,18,28-29H,5-6,11-13H2,(H,30,31)/b19-14-. The van der Waals surface area contributed by atoms with Gasteiger partial charge in [0.15, 0.2) is 0 Å². The number of aliphatic hydroxyl groups excluding tert-OH is 2. The van der Waals surface area contributed by atoms with Crippen molar-refractivity contribution in [2.24, 2.45) is 0 Å². The lowest BCUT2D eigenvalue weighted by Gasteiger charge is -2.19. The molecule has 0 amide bonds. The van der Waals surface area contributed by atoms with Gasteiger partial charge in [0.25, 0.3) is 0 Å². The quantitative estimate of drug-likeness (QED) is 0.347. The fraction of sp³-hybridized carbons (Fsp3) is 0.280. The molecule has 1 heterocycles. The number of rotatable bonds is 8. The molecule has 0 aliphatic heterocycles. The molecule has 2 aromatic carbocycles. The van der Waals surface area contributed by atoms with Crippen LogP contribution in [0.4, 0.5) is 4.39 Å². The Bertz CT molecular complexity index is 1140. The van der Waals surface area contributed by atoms with E-state index in [4.69, 9.17) is 10.1 Å². The van der Waals surface area contributed by atoms with Gasteiger partial charge in [-0.1, -0.05) is 30.3 Å². The number of nitrogens with zero attached hydrogens (tertiary/aromatic N) is 1. The number of halogens is 1. The lowest BCUT2D eigenvalue weighted by Crippen LogP contribution is -2.12.